The molecule has 1 aliphatic carbocycles. The number of aldehydes is 1. The van der Waals surface area contributed by atoms with Crippen LogP contribution in [-0.2, 0) is 6.42 Å². The zero-order chi connectivity index (χ0) is 24.9. The van der Waals surface area contributed by atoms with E-state index < -0.39 is 0 Å². The fraction of sp³-hybridized carbons (Fsp3) is 0.323. The summed E-state index contributed by atoms with van der Waals surface area (Å²) in [5.74, 6) is 0.857. The molecule has 1 heterocycles. The Bertz CT molecular complexity index is 1230. The smallest absolute Gasteiger partial charge is 0.150 e. The molecule has 3 aromatic carbocycles. The number of hydrogen-bond acceptors (Lipinski definition) is 4. The lowest BCUT2D eigenvalue weighted by atomic mass is 9.87. The van der Waals surface area contributed by atoms with Crippen LogP contribution < -0.4 is 10.5 Å². The Morgan fingerprint density at radius 3 is 2.53 bits per heavy atom. The highest BCUT2D eigenvalue weighted by atomic mass is 19.1. The van der Waals surface area contributed by atoms with Gasteiger partial charge in [-0.3, -0.25) is 14.1 Å². The summed E-state index contributed by atoms with van der Waals surface area (Å²) in [5, 5.41) is 0. The third-order valence-corrected chi connectivity index (χ3v) is 7.25. The predicted octanol–water partition coefficient (Wildman–Crippen LogP) is 6.19. The van der Waals surface area contributed by atoms with Crippen molar-refractivity contribution in [3.8, 4) is 5.75 Å². The number of halogens is 1. The minimum Gasteiger partial charge on any atom is -0.489 e. The van der Waals surface area contributed by atoms with Crippen LogP contribution in [0.1, 0.15) is 58.3 Å². The number of allylic oxidation sites excluding steroid dienone is 1. The first-order valence-electron chi connectivity index (χ1n) is 12.9. The zero-order valence-electron chi connectivity index (χ0n) is 20.6. The molecule has 5 heteroatoms. The molecule has 1 aliphatic heterocycles. The summed E-state index contributed by atoms with van der Waals surface area (Å²) in [6.45, 7) is 2.33. The van der Waals surface area contributed by atoms with E-state index in [9.17, 15) is 9.18 Å². The number of nitrogens with zero attached hydrogens (tertiary/aromatic N) is 1. The van der Waals surface area contributed by atoms with Crippen molar-refractivity contribution in [1.29, 1.82) is 0 Å². The molecule has 2 aliphatic rings. The van der Waals surface area contributed by atoms with E-state index >= 15 is 0 Å². The van der Waals surface area contributed by atoms with Crippen LogP contribution in [-0.4, -0.2) is 43.6 Å². The molecule has 1 unspecified atom stereocenters. The quantitative estimate of drug-likeness (QED) is 0.306. The van der Waals surface area contributed by atoms with Gasteiger partial charge in [0.2, 0.25) is 0 Å². The molecule has 5 rings (SSSR count). The van der Waals surface area contributed by atoms with Crippen molar-refractivity contribution in [2.24, 2.45) is 0 Å². The van der Waals surface area contributed by atoms with Crippen molar-refractivity contribution in [2.45, 2.75) is 38.2 Å². The average Bonchev–Trinajstić information content (AvgIpc) is 3.26. The lowest BCUT2D eigenvalue weighted by Crippen LogP contribution is -2.26. The molecular formula is C31H33FN2O2. The summed E-state index contributed by atoms with van der Waals surface area (Å²) in [5.41, 5.74) is 14.6. The highest BCUT2D eigenvalue weighted by molar-refractivity contribution is 6.00. The lowest BCUT2D eigenvalue weighted by Gasteiger charge is -2.19. The van der Waals surface area contributed by atoms with Crippen LogP contribution in [0.15, 0.2) is 66.7 Å². The van der Waals surface area contributed by atoms with Gasteiger partial charge in [-0.1, -0.05) is 36.4 Å². The second-order valence-corrected chi connectivity index (χ2v) is 9.76. The Morgan fingerprint density at radius 2 is 1.78 bits per heavy atom. The molecule has 3 aromatic rings. The maximum absolute atomic E-state index is 12.5. The maximum Gasteiger partial charge on any atom is 0.150 e. The summed E-state index contributed by atoms with van der Waals surface area (Å²) in [7, 11) is 0. The topological polar surface area (TPSA) is 55.6 Å². The molecule has 1 saturated heterocycles. The normalized spacial score (nSPS) is 18.1. The van der Waals surface area contributed by atoms with Gasteiger partial charge in [0.25, 0.3) is 0 Å². The fourth-order valence-corrected chi connectivity index (χ4v) is 5.46. The van der Waals surface area contributed by atoms with Gasteiger partial charge in [0.15, 0.2) is 0 Å². The monoisotopic (exact) mass is 484 g/mol. The van der Waals surface area contributed by atoms with Crippen LogP contribution in [0.4, 0.5) is 10.1 Å². The highest BCUT2D eigenvalue weighted by Gasteiger charge is 2.24. The molecule has 0 amide bonds. The third-order valence-electron chi connectivity index (χ3n) is 7.25. The highest BCUT2D eigenvalue weighted by Crippen LogP contribution is 2.40. The van der Waals surface area contributed by atoms with Crippen LogP contribution in [0, 0.1) is 0 Å². The predicted molar refractivity (Wildman–Crippen MR) is 144 cm³/mol. The molecule has 4 nitrogen and oxygen atoms in total. The van der Waals surface area contributed by atoms with Crippen LogP contribution in [0.5, 0.6) is 5.75 Å². The fourth-order valence-electron chi connectivity index (χ4n) is 5.46. The summed E-state index contributed by atoms with van der Waals surface area (Å²) >= 11 is 0. The van der Waals surface area contributed by atoms with E-state index in [-0.39, 0.29) is 12.8 Å². The number of nitrogens with two attached hydrogens (primary N) is 1. The van der Waals surface area contributed by atoms with Gasteiger partial charge in [-0.15, -0.1) is 0 Å². The minimum atomic E-state index is -0.267. The number of nitrogen functional groups attached to an aromatic ring is 1. The standard InChI is InChI=1S/C31H33FN2O2/c32-16-2-17-34-18-15-28(20-34)36-27-12-8-24(9-13-27)31-29(23-6-10-26(33)11-7-23)4-1-3-25-19-22(21-35)5-14-30(25)31/h5-14,19,21,28H,1-4,15-18,20,33H2. The number of ether oxygens (including phenoxy) is 1. The Hall–Kier alpha value is -3.44. The van der Waals surface area contributed by atoms with Gasteiger partial charge >= 0.3 is 0 Å². The van der Waals surface area contributed by atoms with Crippen LogP contribution in [0.3, 0.4) is 0 Å². The van der Waals surface area contributed by atoms with E-state index in [4.69, 9.17) is 10.5 Å². The third kappa shape index (κ3) is 5.36. The van der Waals surface area contributed by atoms with E-state index in [2.05, 4.69) is 47.4 Å². The number of anilines is 1. The first-order valence-corrected chi connectivity index (χ1v) is 12.9. The molecule has 0 spiro atoms. The second kappa shape index (κ2) is 11.1. The molecule has 36 heavy (non-hydrogen) atoms. The number of fused-ring (bicyclic) bond motifs is 1. The summed E-state index contributed by atoms with van der Waals surface area (Å²) in [4.78, 5) is 13.7. The average molecular weight is 485 g/mol. The second-order valence-electron chi connectivity index (χ2n) is 9.76. The zero-order valence-corrected chi connectivity index (χ0v) is 20.6. The molecule has 0 radical (unpaired) electrons. The van der Waals surface area contributed by atoms with Gasteiger partial charge in [-0.25, -0.2) is 0 Å². The Kier molecular flexibility index (Phi) is 7.47. The van der Waals surface area contributed by atoms with Gasteiger partial charge in [-0.2, -0.15) is 0 Å². The summed E-state index contributed by atoms with van der Waals surface area (Å²) in [6, 6.07) is 22.5. The molecular weight excluding hydrogens is 451 g/mol. The van der Waals surface area contributed by atoms with Crippen molar-refractivity contribution in [3.05, 3.63) is 94.5 Å². The molecule has 0 bridgehead atoms. The van der Waals surface area contributed by atoms with E-state index in [0.717, 1.165) is 68.6 Å². The number of likely N-dealkylation sites (tertiary alicyclic amines) is 1. The van der Waals surface area contributed by atoms with Gasteiger partial charge < -0.3 is 10.5 Å². The number of hydrogen-bond donors (Lipinski definition) is 1. The first kappa shape index (κ1) is 24.3. The minimum absolute atomic E-state index is 0.139. The molecule has 0 aromatic heterocycles. The van der Waals surface area contributed by atoms with E-state index in [0.29, 0.717) is 12.0 Å². The first-order chi connectivity index (χ1) is 17.6. The Labute approximate surface area is 212 Å². The van der Waals surface area contributed by atoms with Gasteiger partial charge in [-0.05, 0) is 95.8 Å². The van der Waals surface area contributed by atoms with Crippen molar-refractivity contribution in [2.75, 3.05) is 32.0 Å². The van der Waals surface area contributed by atoms with Crippen LogP contribution in [0.25, 0.3) is 11.1 Å². The van der Waals surface area contributed by atoms with Crippen molar-refractivity contribution >= 4 is 23.1 Å². The van der Waals surface area contributed by atoms with Gasteiger partial charge in [0.1, 0.15) is 18.1 Å². The number of benzene rings is 3. The number of aryl methyl sites for hydroxylation is 1. The Morgan fingerprint density at radius 1 is 1.00 bits per heavy atom. The molecule has 0 saturated carbocycles. The van der Waals surface area contributed by atoms with E-state index in [1.807, 2.05) is 24.3 Å². The molecule has 186 valence electrons. The molecule has 2 N–H and O–H groups in total. The van der Waals surface area contributed by atoms with Crippen molar-refractivity contribution in [1.82, 2.24) is 4.90 Å². The Balaban J connectivity index is 1.47. The maximum atomic E-state index is 12.5. The van der Waals surface area contributed by atoms with Crippen LogP contribution >= 0.6 is 0 Å². The van der Waals surface area contributed by atoms with Gasteiger partial charge in [0.05, 0.1) is 6.67 Å². The van der Waals surface area contributed by atoms with E-state index in [1.54, 1.807) is 0 Å². The number of carbonyl (C=O) groups is 1. The lowest BCUT2D eigenvalue weighted by molar-refractivity contribution is 0.112. The van der Waals surface area contributed by atoms with Crippen LogP contribution in [0.2, 0.25) is 0 Å². The summed E-state index contributed by atoms with van der Waals surface area (Å²) < 4.78 is 18.8. The molecule has 1 atom stereocenters. The molecule has 1 fully saturated rings. The SMILES string of the molecule is Nc1ccc(C2=C(c3ccc(OC4CCN(CCCF)C4)cc3)c3ccc(C=O)cc3CCC2)cc1. The largest absolute Gasteiger partial charge is 0.489 e. The van der Waals surface area contributed by atoms with Crippen molar-refractivity contribution < 1.29 is 13.9 Å². The number of carbonyl (C=O) groups excluding carboxylic acids is 1. The van der Waals surface area contributed by atoms with Gasteiger partial charge in [0, 0.05) is 30.9 Å². The van der Waals surface area contributed by atoms with Crippen molar-refractivity contribution in [3.63, 3.8) is 0 Å². The number of alkyl halides is 1. The van der Waals surface area contributed by atoms with E-state index in [1.165, 1.54) is 27.8 Å². The number of rotatable bonds is 8. The summed E-state index contributed by atoms with van der Waals surface area (Å²) in [6.07, 6.45) is 5.50.